The zero-order chi connectivity index (χ0) is 18.1. The Morgan fingerprint density at radius 1 is 1.04 bits per heavy atom. The Balaban J connectivity index is 1.73. The van der Waals surface area contributed by atoms with Gasteiger partial charge < -0.3 is 20.4 Å². The van der Waals surface area contributed by atoms with Gasteiger partial charge in [0.05, 0.1) is 24.2 Å². The molecule has 7 atom stereocenters. The summed E-state index contributed by atoms with van der Waals surface area (Å²) in [4.78, 5) is 12.1. The van der Waals surface area contributed by atoms with Crippen LogP contribution in [0.25, 0.3) is 0 Å². The molecule has 0 saturated heterocycles. The number of rotatable bonds is 3. The monoisotopic (exact) mass is 352 g/mol. The Morgan fingerprint density at radius 3 is 2.44 bits per heavy atom. The quantitative estimate of drug-likeness (QED) is 0.624. The van der Waals surface area contributed by atoms with Crippen molar-refractivity contribution in [2.75, 3.05) is 13.2 Å². The molecule has 4 aliphatic carbocycles. The number of aliphatic hydroxyl groups is 3. The van der Waals surface area contributed by atoms with E-state index in [0.29, 0.717) is 18.8 Å². The average Bonchev–Trinajstić information content (AvgIpc) is 2.79. The summed E-state index contributed by atoms with van der Waals surface area (Å²) in [5.41, 5.74) is -2.00. The Labute approximate surface area is 149 Å². The van der Waals surface area contributed by atoms with Crippen LogP contribution in [0, 0.1) is 34.0 Å². The largest absolute Gasteiger partial charge is 0.481 e. The number of carboxylic acid groups (broad SMARTS) is 1. The standard InChI is InChI=1S/C20H32O5/c1-17-6-2-7-19(11-21,16(23)24)15(17)5-8-18-9-13(3-4-14(17)18)20(25,10-18)12-22/h13-15,21-22,25H,2-12H2,1H3,(H,23,24)/t13?,14-,15-,17-,18-,19-,20-/m0/s1. The zero-order valence-electron chi connectivity index (χ0n) is 15.2. The van der Waals surface area contributed by atoms with Crippen LogP contribution >= 0.6 is 0 Å². The van der Waals surface area contributed by atoms with E-state index in [1.165, 1.54) is 0 Å². The van der Waals surface area contributed by atoms with Crippen molar-refractivity contribution in [3.63, 3.8) is 0 Å². The molecule has 4 fully saturated rings. The fraction of sp³-hybridized carbons (Fsp3) is 0.950. The molecule has 4 saturated carbocycles. The second kappa shape index (κ2) is 5.43. The number of aliphatic carboxylic acids is 1. The maximum atomic E-state index is 12.1. The summed E-state index contributed by atoms with van der Waals surface area (Å²) in [6.45, 7) is 1.82. The normalized spacial score (nSPS) is 54.6. The van der Waals surface area contributed by atoms with Crippen LogP contribution in [0.5, 0.6) is 0 Å². The van der Waals surface area contributed by atoms with E-state index in [9.17, 15) is 25.2 Å². The third-order valence-electron chi connectivity index (χ3n) is 9.12. The Kier molecular flexibility index (Phi) is 3.85. The zero-order valence-corrected chi connectivity index (χ0v) is 15.2. The third-order valence-corrected chi connectivity index (χ3v) is 9.12. The molecule has 0 radical (unpaired) electrons. The first-order chi connectivity index (χ1) is 11.8. The van der Waals surface area contributed by atoms with E-state index in [0.717, 1.165) is 44.9 Å². The van der Waals surface area contributed by atoms with Gasteiger partial charge in [-0.2, -0.15) is 0 Å². The molecule has 0 aromatic heterocycles. The molecule has 4 N–H and O–H groups in total. The first kappa shape index (κ1) is 17.7. The van der Waals surface area contributed by atoms with Crippen LogP contribution in [0.2, 0.25) is 0 Å². The molecule has 1 spiro atoms. The molecule has 0 aliphatic heterocycles. The van der Waals surface area contributed by atoms with Crippen LogP contribution in [0.4, 0.5) is 0 Å². The average molecular weight is 352 g/mol. The predicted octanol–water partition coefficient (Wildman–Crippen LogP) is 2.18. The van der Waals surface area contributed by atoms with E-state index in [1.807, 2.05) is 0 Å². The lowest BCUT2D eigenvalue weighted by Gasteiger charge is -2.63. The lowest BCUT2D eigenvalue weighted by molar-refractivity contribution is -0.191. The van der Waals surface area contributed by atoms with Crippen molar-refractivity contribution in [2.45, 2.75) is 70.3 Å². The summed E-state index contributed by atoms with van der Waals surface area (Å²) in [6.07, 6.45) is 7.74. The molecule has 0 aromatic rings. The minimum atomic E-state index is -1.00. The van der Waals surface area contributed by atoms with Crippen molar-refractivity contribution in [1.82, 2.24) is 0 Å². The Bertz CT molecular complexity index is 578. The van der Waals surface area contributed by atoms with Gasteiger partial charge in [0.2, 0.25) is 0 Å². The summed E-state index contributed by atoms with van der Waals surface area (Å²) >= 11 is 0. The maximum Gasteiger partial charge on any atom is 0.312 e. The molecule has 0 aromatic carbocycles. The van der Waals surface area contributed by atoms with Crippen molar-refractivity contribution in [3.8, 4) is 0 Å². The van der Waals surface area contributed by atoms with Crippen molar-refractivity contribution in [2.24, 2.45) is 34.0 Å². The highest BCUT2D eigenvalue weighted by Gasteiger charge is 2.68. The summed E-state index contributed by atoms with van der Waals surface area (Å²) in [5.74, 6) is -0.263. The highest BCUT2D eigenvalue weighted by molar-refractivity contribution is 5.75. The summed E-state index contributed by atoms with van der Waals surface area (Å²) < 4.78 is 0. The molecular formula is C20H32O5. The van der Waals surface area contributed by atoms with Gasteiger partial charge in [0.1, 0.15) is 0 Å². The van der Waals surface area contributed by atoms with Crippen LogP contribution < -0.4 is 0 Å². The van der Waals surface area contributed by atoms with Gasteiger partial charge in [0.25, 0.3) is 0 Å². The predicted molar refractivity (Wildman–Crippen MR) is 91.8 cm³/mol. The third kappa shape index (κ3) is 2.09. The van der Waals surface area contributed by atoms with Gasteiger partial charge in [-0.25, -0.2) is 0 Å². The van der Waals surface area contributed by atoms with Crippen LogP contribution in [-0.4, -0.2) is 45.2 Å². The minimum Gasteiger partial charge on any atom is -0.481 e. The first-order valence-electron chi connectivity index (χ1n) is 9.94. The smallest absolute Gasteiger partial charge is 0.312 e. The number of fused-ring (bicyclic) bond motifs is 3. The van der Waals surface area contributed by atoms with Crippen molar-refractivity contribution >= 4 is 5.97 Å². The lowest BCUT2D eigenvalue weighted by Crippen LogP contribution is -2.60. The number of hydrogen-bond acceptors (Lipinski definition) is 4. The molecule has 1 unspecified atom stereocenters. The van der Waals surface area contributed by atoms with Gasteiger partial charge >= 0.3 is 5.97 Å². The SMILES string of the molecule is C[C@@]12CCC[C@@](CO)(C(=O)O)[C@H]1CC[C@@]13CC(CC[C@H]12)[C@@](O)(CO)C3. The highest BCUT2D eigenvalue weighted by Crippen LogP contribution is 2.72. The van der Waals surface area contributed by atoms with Gasteiger partial charge in [-0.1, -0.05) is 13.3 Å². The van der Waals surface area contributed by atoms with E-state index in [-0.39, 0.29) is 35.9 Å². The molecule has 2 bridgehead atoms. The number of carboxylic acids is 1. The lowest BCUT2D eigenvalue weighted by atomic mass is 9.41. The van der Waals surface area contributed by atoms with E-state index in [1.54, 1.807) is 0 Å². The summed E-state index contributed by atoms with van der Waals surface area (Å²) in [5, 5.41) is 40.7. The van der Waals surface area contributed by atoms with Crippen molar-refractivity contribution in [1.29, 1.82) is 0 Å². The number of aliphatic hydroxyl groups excluding tert-OH is 2. The number of carbonyl (C=O) groups is 1. The maximum absolute atomic E-state index is 12.1. The van der Waals surface area contributed by atoms with Crippen LogP contribution in [0.15, 0.2) is 0 Å². The Hall–Kier alpha value is -0.650. The van der Waals surface area contributed by atoms with Crippen LogP contribution in [0.1, 0.15) is 64.7 Å². The van der Waals surface area contributed by atoms with Gasteiger partial charge in [-0.15, -0.1) is 0 Å². The topological polar surface area (TPSA) is 98.0 Å². The fourth-order valence-corrected chi connectivity index (χ4v) is 8.13. The summed E-state index contributed by atoms with van der Waals surface area (Å²) in [6, 6.07) is 0. The molecular weight excluding hydrogens is 320 g/mol. The second-order valence-corrected chi connectivity index (χ2v) is 9.90. The molecule has 25 heavy (non-hydrogen) atoms. The summed E-state index contributed by atoms with van der Waals surface area (Å²) in [7, 11) is 0. The molecule has 4 aliphatic rings. The minimum absolute atomic E-state index is 0.00578. The highest BCUT2D eigenvalue weighted by atomic mass is 16.4. The van der Waals surface area contributed by atoms with Crippen molar-refractivity contribution in [3.05, 3.63) is 0 Å². The molecule has 0 heterocycles. The van der Waals surface area contributed by atoms with Gasteiger partial charge in [0, 0.05) is 0 Å². The van der Waals surface area contributed by atoms with Gasteiger partial charge in [-0.3, -0.25) is 4.79 Å². The molecule has 0 amide bonds. The van der Waals surface area contributed by atoms with E-state index < -0.39 is 17.0 Å². The molecule has 142 valence electrons. The van der Waals surface area contributed by atoms with E-state index in [4.69, 9.17) is 0 Å². The van der Waals surface area contributed by atoms with Crippen molar-refractivity contribution < 1.29 is 25.2 Å². The fourth-order valence-electron chi connectivity index (χ4n) is 8.13. The van der Waals surface area contributed by atoms with Crippen LogP contribution in [-0.2, 0) is 4.79 Å². The van der Waals surface area contributed by atoms with E-state index in [2.05, 4.69) is 6.92 Å². The molecule has 5 nitrogen and oxygen atoms in total. The number of hydrogen-bond donors (Lipinski definition) is 4. The Morgan fingerprint density at radius 2 is 1.80 bits per heavy atom. The second-order valence-electron chi connectivity index (χ2n) is 9.90. The van der Waals surface area contributed by atoms with E-state index >= 15 is 0 Å². The van der Waals surface area contributed by atoms with Crippen LogP contribution in [0.3, 0.4) is 0 Å². The van der Waals surface area contributed by atoms with Gasteiger partial charge in [0.15, 0.2) is 0 Å². The molecule has 5 heteroatoms. The first-order valence-corrected chi connectivity index (χ1v) is 9.94. The molecule has 4 rings (SSSR count). The van der Waals surface area contributed by atoms with Gasteiger partial charge in [-0.05, 0) is 80.0 Å².